The molecule has 0 fully saturated rings. The first-order valence-corrected chi connectivity index (χ1v) is 9.49. The van der Waals surface area contributed by atoms with E-state index in [1.165, 1.54) is 5.56 Å². The van der Waals surface area contributed by atoms with Crippen LogP contribution >= 0.6 is 0 Å². The normalized spacial score (nSPS) is 11.4. The zero-order chi connectivity index (χ0) is 19.7. The summed E-state index contributed by atoms with van der Waals surface area (Å²) in [5.74, 6) is 0.159. The van der Waals surface area contributed by atoms with E-state index in [9.17, 15) is 4.79 Å². The third kappa shape index (κ3) is 3.25. The molecule has 5 heteroatoms. The smallest absolute Gasteiger partial charge is 0.270 e. The maximum atomic E-state index is 12.5. The number of hydrogen-bond acceptors (Lipinski definition) is 3. The summed E-state index contributed by atoms with van der Waals surface area (Å²) in [5, 5.41) is 13.7. The van der Waals surface area contributed by atoms with Crippen LogP contribution in [0.25, 0.3) is 33.1 Å². The average Bonchev–Trinajstić information content (AvgIpc) is 3.10. The van der Waals surface area contributed by atoms with E-state index in [4.69, 9.17) is 5.11 Å². The quantitative estimate of drug-likeness (QED) is 0.490. The number of para-hydroxylation sites is 1. The molecule has 0 radical (unpaired) electrons. The van der Waals surface area contributed by atoms with Crippen LogP contribution in [0.4, 0.5) is 0 Å². The molecule has 2 aromatic heterocycles. The lowest BCUT2D eigenvalue weighted by atomic mass is 10.00. The van der Waals surface area contributed by atoms with Crippen LogP contribution < -0.4 is 5.32 Å². The largest absolute Gasteiger partial charge is 0.395 e. The van der Waals surface area contributed by atoms with Crippen molar-refractivity contribution in [1.29, 1.82) is 0 Å². The van der Waals surface area contributed by atoms with E-state index < -0.39 is 0 Å². The number of H-pyrrole nitrogens is 1. The van der Waals surface area contributed by atoms with Crippen molar-refractivity contribution in [2.24, 2.45) is 0 Å². The van der Waals surface area contributed by atoms with Crippen LogP contribution in [-0.4, -0.2) is 34.1 Å². The van der Waals surface area contributed by atoms with Gasteiger partial charge >= 0.3 is 0 Å². The van der Waals surface area contributed by atoms with Gasteiger partial charge in [-0.05, 0) is 23.6 Å². The number of nitrogens with one attached hydrogen (secondary N) is 2. The number of benzene rings is 2. The minimum Gasteiger partial charge on any atom is -0.395 e. The molecule has 0 aliphatic heterocycles. The molecular weight excluding hydrogens is 350 g/mol. The minimum absolute atomic E-state index is 0.107. The van der Waals surface area contributed by atoms with Crippen LogP contribution in [0.15, 0.2) is 54.6 Å². The summed E-state index contributed by atoms with van der Waals surface area (Å²) >= 11 is 0. The van der Waals surface area contributed by atoms with Gasteiger partial charge in [0.1, 0.15) is 5.69 Å². The standard InChI is InChI=1S/C23H23N3O2/c1-14(2)15-7-9-16(10-8-15)21-22-18(17-5-3-4-6-19(17)25-22)13-20(26-21)23(28)24-11-12-27/h3-10,13-14,25,27H,11-12H2,1-2H3,(H,24,28). The topological polar surface area (TPSA) is 78.0 Å². The summed E-state index contributed by atoms with van der Waals surface area (Å²) in [5.41, 5.74) is 5.22. The molecule has 4 aromatic rings. The maximum absolute atomic E-state index is 12.5. The lowest BCUT2D eigenvalue weighted by Gasteiger charge is -2.10. The third-order valence-corrected chi connectivity index (χ3v) is 4.98. The highest BCUT2D eigenvalue weighted by Gasteiger charge is 2.17. The van der Waals surface area contributed by atoms with Crippen LogP contribution in [0.5, 0.6) is 0 Å². The molecule has 0 aliphatic carbocycles. The average molecular weight is 373 g/mol. The lowest BCUT2D eigenvalue weighted by molar-refractivity contribution is 0.0940. The first-order chi connectivity index (χ1) is 13.6. The van der Waals surface area contributed by atoms with Crippen molar-refractivity contribution in [3.05, 3.63) is 65.9 Å². The van der Waals surface area contributed by atoms with Gasteiger partial charge in [0, 0.05) is 28.4 Å². The van der Waals surface area contributed by atoms with Crippen LogP contribution in [0, 0.1) is 0 Å². The Morgan fingerprint density at radius 3 is 2.57 bits per heavy atom. The predicted molar refractivity (Wildman–Crippen MR) is 113 cm³/mol. The van der Waals surface area contributed by atoms with E-state index in [0.29, 0.717) is 11.6 Å². The van der Waals surface area contributed by atoms with Crippen molar-refractivity contribution in [1.82, 2.24) is 15.3 Å². The second kappa shape index (κ2) is 7.44. The highest BCUT2D eigenvalue weighted by atomic mass is 16.3. The SMILES string of the molecule is CC(C)c1ccc(-c2nc(C(=O)NCCO)cc3c2[nH]c2ccccc23)cc1. The second-order valence-electron chi connectivity index (χ2n) is 7.21. The molecular formula is C23H23N3O2. The molecule has 5 nitrogen and oxygen atoms in total. The van der Waals surface area contributed by atoms with Crippen LogP contribution in [0.1, 0.15) is 35.8 Å². The summed E-state index contributed by atoms with van der Waals surface area (Å²) < 4.78 is 0. The molecule has 1 amide bonds. The maximum Gasteiger partial charge on any atom is 0.270 e. The molecule has 3 N–H and O–H groups in total. The van der Waals surface area contributed by atoms with Gasteiger partial charge in [0.15, 0.2) is 0 Å². The van der Waals surface area contributed by atoms with E-state index in [0.717, 1.165) is 33.1 Å². The Bertz CT molecular complexity index is 1140. The summed E-state index contributed by atoms with van der Waals surface area (Å²) in [7, 11) is 0. The van der Waals surface area contributed by atoms with Gasteiger partial charge in [0.05, 0.1) is 17.8 Å². The number of aromatic nitrogens is 2. The van der Waals surface area contributed by atoms with Gasteiger partial charge in [0.2, 0.25) is 0 Å². The molecule has 4 rings (SSSR count). The van der Waals surface area contributed by atoms with Gasteiger partial charge in [-0.15, -0.1) is 0 Å². The molecule has 0 aliphatic rings. The Morgan fingerprint density at radius 2 is 1.86 bits per heavy atom. The number of aromatic amines is 1. The van der Waals surface area contributed by atoms with Crippen molar-refractivity contribution < 1.29 is 9.90 Å². The van der Waals surface area contributed by atoms with Crippen LogP contribution in [-0.2, 0) is 0 Å². The Labute approximate surface area is 163 Å². The molecule has 28 heavy (non-hydrogen) atoms. The number of nitrogens with zero attached hydrogens (tertiary/aromatic N) is 1. The van der Waals surface area contributed by atoms with Gasteiger partial charge in [-0.1, -0.05) is 56.3 Å². The van der Waals surface area contributed by atoms with E-state index in [-0.39, 0.29) is 19.1 Å². The number of pyridine rings is 1. The van der Waals surface area contributed by atoms with Gasteiger partial charge < -0.3 is 15.4 Å². The molecule has 2 aromatic carbocycles. The Balaban J connectivity index is 1.93. The van der Waals surface area contributed by atoms with Crippen LogP contribution in [0.2, 0.25) is 0 Å². The zero-order valence-electron chi connectivity index (χ0n) is 16.0. The molecule has 0 spiro atoms. The van der Waals surface area contributed by atoms with E-state index >= 15 is 0 Å². The van der Waals surface area contributed by atoms with Gasteiger partial charge in [-0.3, -0.25) is 4.79 Å². The number of amides is 1. The summed E-state index contributed by atoms with van der Waals surface area (Å²) in [4.78, 5) is 20.7. The molecule has 2 heterocycles. The van der Waals surface area contributed by atoms with E-state index in [1.807, 2.05) is 30.3 Å². The molecule has 0 saturated heterocycles. The lowest BCUT2D eigenvalue weighted by Crippen LogP contribution is -2.27. The van der Waals surface area contributed by atoms with Gasteiger partial charge in [-0.2, -0.15) is 0 Å². The summed E-state index contributed by atoms with van der Waals surface area (Å²) in [6.45, 7) is 4.42. The molecule has 0 unspecified atom stereocenters. The number of carbonyl (C=O) groups is 1. The molecule has 0 bridgehead atoms. The minimum atomic E-state index is -0.290. The van der Waals surface area contributed by atoms with Crippen molar-refractivity contribution in [2.45, 2.75) is 19.8 Å². The summed E-state index contributed by atoms with van der Waals surface area (Å²) in [6.07, 6.45) is 0. The fourth-order valence-corrected chi connectivity index (χ4v) is 3.46. The highest BCUT2D eigenvalue weighted by molar-refractivity contribution is 6.13. The first-order valence-electron chi connectivity index (χ1n) is 9.49. The van der Waals surface area contributed by atoms with Crippen molar-refractivity contribution in [3.8, 4) is 11.3 Å². The Morgan fingerprint density at radius 1 is 1.11 bits per heavy atom. The van der Waals surface area contributed by atoms with Gasteiger partial charge in [0.25, 0.3) is 5.91 Å². The second-order valence-corrected chi connectivity index (χ2v) is 7.21. The fraction of sp³-hybridized carbons (Fsp3) is 0.217. The predicted octanol–water partition coefficient (Wildman–Crippen LogP) is 4.23. The number of rotatable bonds is 5. The molecule has 0 atom stereocenters. The Kier molecular flexibility index (Phi) is 4.84. The fourth-order valence-electron chi connectivity index (χ4n) is 3.46. The highest BCUT2D eigenvalue weighted by Crippen LogP contribution is 2.33. The number of fused-ring (bicyclic) bond motifs is 3. The Hall–Kier alpha value is -3.18. The van der Waals surface area contributed by atoms with Crippen molar-refractivity contribution in [2.75, 3.05) is 13.2 Å². The number of hydrogen-bond donors (Lipinski definition) is 3. The van der Waals surface area contributed by atoms with Gasteiger partial charge in [-0.25, -0.2) is 4.98 Å². The molecule has 142 valence electrons. The zero-order valence-corrected chi connectivity index (χ0v) is 16.0. The monoisotopic (exact) mass is 373 g/mol. The number of carbonyl (C=O) groups excluding carboxylic acids is 1. The van der Waals surface area contributed by atoms with Crippen LogP contribution in [0.3, 0.4) is 0 Å². The van der Waals surface area contributed by atoms with E-state index in [2.05, 4.69) is 53.4 Å². The summed E-state index contributed by atoms with van der Waals surface area (Å²) in [6, 6.07) is 18.2. The molecule has 0 saturated carbocycles. The first kappa shape index (κ1) is 18.2. The number of aliphatic hydroxyl groups excluding tert-OH is 1. The number of aliphatic hydroxyl groups is 1. The van der Waals surface area contributed by atoms with Crippen molar-refractivity contribution >= 4 is 27.7 Å². The van der Waals surface area contributed by atoms with Crippen molar-refractivity contribution in [3.63, 3.8) is 0 Å². The van der Waals surface area contributed by atoms with E-state index in [1.54, 1.807) is 0 Å². The third-order valence-electron chi connectivity index (χ3n) is 4.98.